The Morgan fingerprint density at radius 1 is 0.919 bits per heavy atom. The van der Waals surface area contributed by atoms with E-state index in [0.29, 0.717) is 27.6 Å². The van der Waals surface area contributed by atoms with Crippen LogP contribution in [-0.2, 0) is 26.2 Å². The van der Waals surface area contributed by atoms with Gasteiger partial charge in [0.15, 0.2) is 0 Å². The number of rotatable bonds is 10. The number of carbonyl (C=O) groups excluding carboxylic acids is 2. The first-order valence-electron chi connectivity index (χ1n) is 11.7. The van der Waals surface area contributed by atoms with E-state index in [-0.39, 0.29) is 23.0 Å². The van der Waals surface area contributed by atoms with Crippen LogP contribution in [0.1, 0.15) is 24.5 Å². The Bertz CT molecular complexity index is 1370. The Kier molecular flexibility index (Phi) is 9.59. The SMILES string of the molecule is CC[C@@H](C(=O)NC)N(Cc1ccccc1Cl)C(=O)CN(c1cccc(Cl)c1C)S(=O)(=O)c1ccccc1. The second kappa shape index (κ2) is 12.4. The molecule has 0 aliphatic carbocycles. The van der Waals surface area contributed by atoms with E-state index >= 15 is 0 Å². The molecule has 196 valence electrons. The Morgan fingerprint density at radius 3 is 2.16 bits per heavy atom. The number of anilines is 1. The van der Waals surface area contributed by atoms with Crippen LogP contribution in [0.4, 0.5) is 5.69 Å². The van der Waals surface area contributed by atoms with E-state index in [1.54, 1.807) is 74.5 Å². The number of likely N-dealkylation sites (N-methyl/N-ethyl adjacent to an activating group) is 1. The Morgan fingerprint density at radius 2 is 1.54 bits per heavy atom. The number of sulfonamides is 1. The molecule has 7 nitrogen and oxygen atoms in total. The van der Waals surface area contributed by atoms with Crippen LogP contribution in [0.2, 0.25) is 10.0 Å². The topological polar surface area (TPSA) is 86.8 Å². The van der Waals surface area contributed by atoms with Gasteiger partial charge in [0.05, 0.1) is 10.6 Å². The van der Waals surface area contributed by atoms with Crippen LogP contribution in [0.5, 0.6) is 0 Å². The number of hydrogen-bond acceptors (Lipinski definition) is 4. The molecule has 10 heteroatoms. The Balaban J connectivity index is 2.11. The van der Waals surface area contributed by atoms with Crippen LogP contribution < -0.4 is 9.62 Å². The van der Waals surface area contributed by atoms with Gasteiger partial charge >= 0.3 is 0 Å². The van der Waals surface area contributed by atoms with E-state index in [1.807, 2.05) is 0 Å². The molecule has 37 heavy (non-hydrogen) atoms. The second-order valence-corrected chi connectivity index (χ2v) is 11.0. The van der Waals surface area contributed by atoms with Crippen molar-refractivity contribution in [3.05, 3.63) is 94.0 Å². The summed E-state index contributed by atoms with van der Waals surface area (Å²) in [5, 5.41) is 3.39. The molecular formula is C27H29Cl2N3O4S. The minimum absolute atomic E-state index is 0.0260. The van der Waals surface area contributed by atoms with E-state index < -0.39 is 28.5 Å². The van der Waals surface area contributed by atoms with Crippen LogP contribution in [0.3, 0.4) is 0 Å². The summed E-state index contributed by atoms with van der Waals surface area (Å²) >= 11 is 12.7. The van der Waals surface area contributed by atoms with Crippen molar-refractivity contribution >= 4 is 50.7 Å². The zero-order chi connectivity index (χ0) is 27.2. The van der Waals surface area contributed by atoms with Crippen LogP contribution in [0.25, 0.3) is 0 Å². The molecule has 0 aliphatic heterocycles. The van der Waals surface area contributed by atoms with Gasteiger partial charge in [0.1, 0.15) is 12.6 Å². The summed E-state index contributed by atoms with van der Waals surface area (Å²) in [7, 11) is -2.67. The molecule has 3 aromatic carbocycles. The number of hydrogen-bond donors (Lipinski definition) is 1. The van der Waals surface area contributed by atoms with Crippen molar-refractivity contribution in [3.63, 3.8) is 0 Å². The van der Waals surface area contributed by atoms with Gasteiger partial charge in [-0.2, -0.15) is 0 Å². The first-order chi connectivity index (χ1) is 17.6. The van der Waals surface area contributed by atoms with Gasteiger partial charge in [-0.15, -0.1) is 0 Å². The van der Waals surface area contributed by atoms with Crippen molar-refractivity contribution in [3.8, 4) is 0 Å². The van der Waals surface area contributed by atoms with Gasteiger partial charge < -0.3 is 10.2 Å². The highest BCUT2D eigenvalue weighted by molar-refractivity contribution is 7.92. The third kappa shape index (κ3) is 6.44. The number of benzene rings is 3. The van der Waals surface area contributed by atoms with Gasteiger partial charge in [0.25, 0.3) is 10.0 Å². The molecule has 0 saturated carbocycles. The van der Waals surface area contributed by atoms with Gasteiger partial charge in [-0.3, -0.25) is 13.9 Å². The number of amides is 2. The van der Waals surface area contributed by atoms with Crippen molar-refractivity contribution in [1.29, 1.82) is 0 Å². The van der Waals surface area contributed by atoms with Crippen LogP contribution in [0, 0.1) is 6.92 Å². The van der Waals surface area contributed by atoms with E-state index in [0.717, 1.165) is 4.31 Å². The van der Waals surface area contributed by atoms with E-state index in [4.69, 9.17) is 23.2 Å². The van der Waals surface area contributed by atoms with Gasteiger partial charge in [-0.25, -0.2) is 8.42 Å². The summed E-state index contributed by atoms with van der Waals surface area (Å²) < 4.78 is 28.7. The average molecular weight is 563 g/mol. The highest BCUT2D eigenvalue weighted by Gasteiger charge is 2.34. The normalized spacial score (nSPS) is 12.0. The quantitative estimate of drug-likeness (QED) is 0.375. The molecule has 0 spiro atoms. The molecule has 3 rings (SSSR count). The van der Waals surface area contributed by atoms with Gasteiger partial charge in [-0.1, -0.05) is 72.6 Å². The van der Waals surface area contributed by atoms with Crippen molar-refractivity contribution in [2.45, 2.75) is 37.8 Å². The summed E-state index contributed by atoms with van der Waals surface area (Å²) in [6.07, 6.45) is 0.317. The molecule has 3 aromatic rings. The molecule has 0 bridgehead atoms. The monoisotopic (exact) mass is 561 g/mol. The molecule has 0 saturated heterocycles. The molecule has 1 atom stereocenters. The molecule has 1 N–H and O–H groups in total. The molecule has 2 amide bonds. The van der Waals surface area contributed by atoms with Crippen LogP contribution in [0.15, 0.2) is 77.7 Å². The second-order valence-electron chi connectivity index (χ2n) is 8.36. The predicted octanol–water partition coefficient (Wildman–Crippen LogP) is 5.05. The first-order valence-corrected chi connectivity index (χ1v) is 13.9. The van der Waals surface area contributed by atoms with Crippen molar-refractivity contribution in [2.24, 2.45) is 0 Å². The molecular weight excluding hydrogens is 533 g/mol. The minimum atomic E-state index is -4.16. The summed E-state index contributed by atoms with van der Waals surface area (Å²) in [6, 6.07) is 18.9. The number of nitrogens with zero attached hydrogens (tertiary/aromatic N) is 2. The van der Waals surface area contributed by atoms with E-state index in [2.05, 4.69) is 5.32 Å². The Hall–Kier alpha value is -3.07. The lowest BCUT2D eigenvalue weighted by atomic mass is 10.1. The first kappa shape index (κ1) is 28.5. The third-order valence-corrected chi connectivity index (χ3v) is 8.60. The lowest BCUT2D eigenvalue weighted by Gasteiger charge is -2.33. The van der Waals surface area contributed by atoms with Crippen LogP contribution in [-0.4, -0.2) is 44.8 Å². The fourth-order valence-electron chi connectivity index (χ4n) is 4.00. The minimum Gasteiger partial charge on any atom is -0.357 e. The summed E-state index contributed by atoms with van der Waals surface area (Å²) in [4.78, 5) is 28.0. The summed E-state index contributed by atoms with van der Waals surface area (Å²) in [6.45, 7) is 2.96. The average Bonchev–Trinajstić information content (AvgIpc) is 2.90. The maximum atomic E-state index is 13.9. The van der Waals surface area contributed by atoms with Gasteiger partial charge in [-0.05, 0) is 54.8 Å². The molecule has 0 radical (unpaired) electrons. The zero-order valence-electron chi connectivity index (χ0n) is 20.8. The fraction of sp³-hybridized carbons (Fsp3) is 0.259. The third-order valence-electron chi connectivity index (χ3n) is 6.05. The highest BCUT2D eigenvalue weighted by Crippen LogP contribution is 2.31. The fourth-order valence-corrected chi connectivity index (χ4v) is 5.85. The number of halogens is 2. The highest BCUT2D eigenvalue weighted by atomic mass is 35.5. The van der Waals surface area contributed by atoms with Crippen molar-refractivity contribution < 1.29 is 18.0 Å². The number of nitrogens with one attached hydrogen (secondary N) is 1. The smallest absolute Gasteiger partial charge is 0.264 e. The van der Waals surface area contributed by atoms with Gasteiger partial charge in [0.2, 0.25) is 11.8 Å². The van der Waals surface area contributed by atoms with Gasteiger partial charge in [0, 0.05) is 23.6 Å². The number of carbonyl (C=O) groups is 2. The predicted molar refractivity (Wildman–Crippen MR) is 147 cm³/mol. The lowest BCUT2D eigenvalue weighted by molar-refractivity contribution is -0.140. The van der Waals surface area contributed by atoms with Crippen LogP contribution >= 0.6 is 23.2 Å². The van der Waals surface area contributed by atoms with E-state index in [9.17, 15) is 18.0 Å². The summed E-state index contributed by atoms with van der Waals surface area (Å²) in [5.41, 5.74) is 1.42. The zero-order valence-corrected chi connectivity index (χ0v) is 23.1. The molecule has 0 aromatic heterocycles. The van der Waals surface area contributed by atoms with Crippen molar-refractivity contribution in [1.82, 2.24) is 10.2 Å². The lowest BCUT2D eigenvalue weighted by Crippen LogP contribution is -2.51. The standard InChI is InChI=1S/C27H29Cl2N3O4S/c1-4-24(27(34)30-3)31(17-20-11-8-9-14-23(20)29)26(33)18-32(25-16-10-15-22(28)19(25)2)37(35,36)21-12-6-5-7-13-21/h5-16,24H,4,17-18H2,1-3H3,(H,30,34)/t24-/m0/s1. The molecule has 0 heterocycles. The molecule has 0 aliphatic rings. The largest absolute Gasteiger partial charge is 0.357 e. The summed E-state index contributed by atoms with van der Waals surface area (Å²) in [5.74, 6) is -0.923. The maximum Gasteiger partial charge on any atom is 0.264 e. The maximum absolute atomic E-state index is 13.9. The Labute approximate surface area is 228 Å². The molecule has 0 fully saturated rings. The van der Waals surface area contributed by atoms with Crippen molar-refractivity contribution in [2.75, 3.05) is 17.9 Å². The molecule has 0 unspecified atom stereocenters. The van der Waals surface area contributed by atoms with E-state index in [1.165, 1.54) is 24.1 Å².